The fourth-order valence-corrected chi connectivity index (χ4v) is 4.56. The van der Waals surface area contributed by atoms with E-state index < -0.39 is 0 Å². The number of nitrogens with zero attached hydrogens (tertiary/aromatic N) is 1. The standard InChI is InChI=1S/C13H26N2S/c1-10-4-3-5-11(8-10)13(14)12-9-16-7-6-15(12)2/h10-13H,3-9,14H2,1-2H3. The van der Waals surface area contributed by atoms with Gasteiger partial charge in [0, 0.05) is 30.1 Å². The Balaban J connectivity index is 1.91. The molecule has 1 aliphatic heterocycles. The molecular formula is C13H26N2S. The highest BCUT2D eigenvalue weighted by atomic mass is 32.2. The molecule has 2 nitrogen and oxygen atoms in total. The third-order valence-electron chi connectivity index (χ3n) is 4.41. The molecule has 3 heteroatoms. The lowest BCUT2D eigenvalue weighted by atomic mass is 9.77. The minimum atomic E-state index is 0.403. The summed E-state index contributed by atoms with van der Waals surface area (Å²) in [5.41, 5.74) is 6.52. The van der Waals surface area contributed by atoms with Crippen LogP contribution in [0.2, 0.25) is 0 Å². The summed E-state index contributed by atoms with van der Waals surface area (Å²) >= 11 is 2.08. The van der Waals surface area contributed by atoms with Crippen molar-refractivity contribution in [1.82, 2.24) is 4.90 Å². The molecule has 0 aromatic carbocycles. The minimum Gasteiger partial charge on any atom is -0.326 e. The number of rotatable bonds is 2. The predicted octanol–water partition coefficient (Wildman–Crippen LogP) is 2.19. The van der Waals surface area contributed by atoms with Gasteiger partial charge in [-0.05, 0) is 31.7 Å². The fraction of sp³-hybridized carbons (Fsp3) is 1.00. The van der Waals surface area contributed by atoms with E-state index in [1.807, 2.05) is 0 Å². The van der Waals surface area contributed by atoms with Crippen LogP contribution in [0.4, 0.5) is 0 Å². The molecule has 2 rings (SSSR count). The highest BCUT2D eigenvalue weighted by Gasteiger charge is 2.32. The van der Waals surface area contributed by atoms with Gasteiger partial charge in [0.25, 0.3) is 0 Å². The van der Waals surface area contributed by atoms with E-state index in [4.69, 9.17) is 5.73 Å². The van der Waals surface area contributed by atoms with E-state index in [2.05, 4.69) is 30.6 Å². The van der Waals surface area contributed by atoms with Crippen molar-refractivity contribution in [3.8, 4) is 0 Å². The van der Waals surface area contributed by atoms with Gasteiger partial charge in [0.1, 0.15) is 0 Å². The molecule has 2 N–H and O–H groups in total. The lowest BCUT2D eigenvalue weighted by Gasteiger charge is -2.41. The largest absolute Gasteiger partial charge is 0.326 e. The van der Waals surface area contributed by atoms with E-state index in [1.54, 1.807) is 0 Å². The molecule has 0 spiro atoms. The van der Waals surface area contributed by atoms with E-state index in [0.29, 0.717) is 12.1 Å². The van der Waals surface area contributed by atoms with Gasteiger partial charge < -0.3 is 10.6 Å². The summed E-state index contributed by atoms with van der Waals surface area (Å²) in [5, 5.41) is 0. The van der Waals surface area contributed by atoms with Gasteiger partial charge in [0.05, 0.1) is 0 Å². The molecule has 2 aliphatic rings. The first kappa shape index (κ1) is 12.7. The van der Waals surface area contributed by atoms with E-state index >= 15 is 0 Å². The lowest BCUT2D eigenvalue weighted by molar-refractivity contribution is 0.159. The van der Waals surface area contributed by atoms with Gasteiger partial charge in [-0.25, -0.2) is 0 Å². The number of thioether (sulfide) groups is 1. The molecule has 16 heavy (non-hydrogen) atoms. The maximum absolute atomic E-state index is 6.52. The average Bonchev–Trinajstić information content (AvgIpc) is 2.29. The quantitative estimate of drug-likeness (QED) is 0.805. The highest BCUT2D eigenvalue weighted by molar-refractivity contribution is 7.99. The van der Waals surface area contributed by atoms with E-state index in [-0.39, 0.29) is 0 Å². The third-order valence-corrected chi connectivity index (χ3v) is 5.46. The predicted molar refractivity (Wildman–Crippen MR) is 72.8 cm³/mol. The van der Waals surface area contributed by atoms with Crippen LogP contribution in [0, 0.1) is 11.8 Å². The van der Waals surface area contributed by atoms with Crippen molar-refractivity contribution < 1.29 is 0 Å². The van der Waals surface area contributed by atoms with Gasteiger partial charge in [0.15, 0.2) is 0 Å². The second kappa shape index (κ2) is 5.74. The van der Waals surface area contributed by atoms with Crippen LogP contribution >= 0.6 is 11.8 Å². The Morgan fingerprint density at radius 1 is 1.38 bits per heavy atom. The molecule has 4 unspecified atom stereocenters. The Labute approximate surface area is 104 Å². The van der Waals surface area contributed by atoms with Crippen LogP contribution in [0.3, 0.4) is 0 Å². The Morgan fingerprint density at radius 2 is 2.19 bits per heavy atom. The van der Waals surface area contributed by atoms with Crippen molar-refractivity contribution in [2.45, 2.75) is 44.7 Å². The summed E-state index contributed by atoms with van der Waals surface area (Å²) in [6, 6.07) is 1.02. The molecule has 4 atom stereocenters. The van der Waals surface area contributed by atoms with Gasteiger partial charge in [-0.3, -0.25) is 0 Å². The zero-order valence-electron chi connectivity index (χ0n) is 10.7. The Kier molecular flexibility index (Phi) is 4.57. The zero-order valence-corrected chi connectivity index (χ0v) is 11.5. The van der Waals surface area contributed by atoms with Gasteiger partial charge in [-0.15, -0.1) is 0 Å². The number of hydrogen-bond acceptors (Lipinski definition) is 3. The molecule has 0 radical (unpaired) electrons. The van der Waals surface area contributed by atoms with Gasteiger partial charge >= 0.3 is 0 Å². The van der Waals surface area contributed by atoms with E-state index in [9.17, 15) is 0 Å². The van der Waals surface area contributed by atoms with Gasteiger partial charge in [-0.1, -0.05) is 19.8 Å². The van der Waals surface area contributed by atoms with E-state index in [1.165, 1.54) is 43.7 Å². The molecule has 1 aliphatic carbocycles. The van der Waals surface area contributed by atoms with Crippen LogP contribution in [0.1, 0.15) is 32.6 Å². The normalized spacial score (nSPS) is 39.6. The summed E-state index contributed by atoms with van der Waals surface area (Å²) in [5.74, 6) is 4.19. The highest BCUT2D eigenvalue weighted by Crippen LogP contribution is 2.33. The molecule has 0 aromatic rings. The van der Waals surface area contributed by atoms with Crippen LogP contribution in [-0.4, -0.2) is 42.1 Å². The summed E-state index contributed by atoms with van der Waals surface area (Å²) in [7, 11) is 2.25. The lowest BCUT2D eigenvalue weighted by Crippen LogP contribution is -2.54. The van der Waals surface area contributed by atoms with Crippen LogP contribution in [0.5, 0.6) is 0 Å². The monoisotopic (exact) mass is 242 g/mol. The zero-order chi connectivity index (χ0) is 11.5. The molecule has 0 amide bonds. The second-order valence-corrected chi connectivity index (χ2v) is 6.88. The summed E-state index contributed by atoms with van der Waals surface area (Å²) in [4.78, 5) is 2.49. The Morgan fingerprint density at radius 3 is 2.88 bits per heavy atom. The molecule has 94 valence electrons. The van der Waals surface area contributed by atoms with Crippen molar-refractivity contribution in [2.24, 2.45) is 17.6 Å². The molecule has 0 aromatic heterocycles. The van der Waals surface area contributed by atoms with Crippen molar-refractivity contribution in [2.75, 3.05) is 25.1 Å². The first-order valence-corrected chi connectivity index (χ1v) is 7.87. The van der Waals surface area contributed by atoms with Crippen LogP contribution in [0.25, 0.3) is 0 Å². The van der Waals surface area contributed by atoms with Gasteiger partial charge in [0.2, 0.25) is 0 Å². The fourth-order valence-electron chi connectivity index (χ4n) is 3.26. The van der Waals surface area contributed by atoms with Crippen molar-refractivity contribution in [3.05, 3.63) is 0 Å². The molecule has 1 heterocycles. The van der Waals surface area contributed by atoms with Crippen molar-refractivity contribution in [1.29, 1.82) is 0 Å². The maximum atomic E-state index is 6.52. The maximum Gasteiger partial charge on any atom is 0.0337 e. The Bertz CT molecular complexity index is 222. The smallest absolute Gasteiger partial charge is 0.0337 e. The summed E-state index contributed by atoms with van der Waals surface area (Å²) < 4.78 is 0. The van der Waals surface area contributed by atoms with Crippen molar-refractivity contribution >= 4 is 11.8 Å². The topological polar surface area (TPSA) is 29.3 Å². The van der Waals surface area contributed by atoms with Crippen molar-refractivity contribution in [3.63, 3.8) is 0 Å². The summed E-state index contributed by atoms with van der Waals surface area (Å²) in [6.45, 7) is 3.60. The van der Waals surface area contributed by atoms with Gasteiger partial charge in [-0.2, -0.15) is 11.8 Å². The Hall–Kier alpha value is 0.270. The van der Waals surface area contributed by atoms with Crippen LogP contribution < -0.4 is 5.73 Å². The van der Waals surface area contributed by atoms with Crippen LogP contribution in [-0.2, 0) is 0 Å². The SMILES string of the molecule is CC1CCCC(C(N)C2CSCCN2C)C1. The average molecular weight is 242 g/mol. The first-order chi connectivity index (χ1) is 7.68. The molecule has 0 bridgehead atoms. The molecule has 2 fully saturated rings. The number of likely N-dealkylation sites (N-methyl/N-ethyl adjacent to an activating group) is 1. The molecular weight excluding hydrogens is 216 g/mol. The second-order valence-electron chi connectivity index (χ2n) is 5.73. The number of nitrogens with two attached hydrogens (primary N) is 1. The minimum absolute atomic E-state index is 0.403. The summed E-state index contributed by atoms with van der Waals surface area (Å²) in [6.07, 6.45) is 5.53. The molecule has 1 saturated heterocycles. The first-order valence-electron chi connectivity index (χ1n) is 6.72. The van der Waals surface area contributed by atoms with Crippen LogP contribution in [0.15, 0.2) is 0 Å². The van der Waals surface area contributed by atoms with E-state index in [0.717, 1.165) is 11.8 Å². The number of hydrogen-bond donors (Lipinski definition) is 1. The molecule has 1 saturated carbocycles. The third kappa shape index (κ3) is 2.93.